The van der Waals surface area contributed by atoms with Crippen LogP contribution in [0.1, 0.15) is 11.1 Å². The van der Waals surface area contributed by atoms with E-state index in [1.165, 1.54) is 17.1 Å². The number of nitrogens with zero attached hydrogens (tertiary/aromatic N) is 2. The molecule has 2 rings (SSSR count). The number of hydrogen-bond acceptors (Lipinski definition) is 3. The van der Waals surface area contributed by atoms with Gasteiger partial charge in [-0.25, -0.2) is 4.98 Å². The monoisotopic (exact) mass is 274 g/mol. The molecule has 0 amide bonds. The maximum atomic E-state index is 11.7. The molecule has 96 valence electrons. The lowest BCUT2D eigenvalue weighted by Crippen LogP contribution is -2.19. The van der Waals surface area contributed by atoms with E-state index in [9.17, 15) is 9.90 Å². The van der Waals surface area contributed by atoms with Gasteiger partial charge in [-0.05, 0) is 17.7 Å². The van der Waals surface area contributed by atoms with Crippen molar-refractivity contribution in [2.45, 2.75) is 6.42 Å². The van der Waals surface area contributed by atoms with Gasteiger partial charge in [-0.3, -0.25) is 4.79 Å². The second-order valence-electron chi connectivity index (χ2n) is 3.99. The van der Waals surface area contributed by atoms with Gasteiger partial charge >= 0.3 is 0 Å². The average Bonchev–Trinajstić information content (AvgIpc) is 2.39. The fourth-order valence-electron chi connectivity index (χ4n) is 1.50. The summed E-state index contributed by atoms with van der Waals surface area (Å²) in [4.78, 5) is 15.6. The molecule has 2 aromatic rings. The lowest BCUT2D eigenvalue weighted by Gasteiger charge is -1.98. The van der Waals surface area contributed by atoms with Gasteiger partial charge in [0, 0.05) is 19.7 Å². The molecule has 0 aliphatic heterocycles. The maximum absolute atomic E-state index is 11.7. The summed E-state index contributed by atoms with van der Waals surface area (Å²) < 4.78 is 1.37. The van der Waals surface area contributed by atoms with Crippen molar-refractivity contribution in [2.75, 3.05) is 0 Å². The van der Waals surface area contributed by atoms with E-state index < -0.39 is 0 Å². The topological polar surface area (TPSA) is 55.1 Å². The summed E-state index contributed by atoms with van der Waals surface area (Å²) in [5, 5.41) is 9.76. The lowest BCUT2D eigenvalue weighted by atomic mass is 10.1. The van der Waals surface area contributed by atoms with Crippen molar-refractivity contribution in [1.29, 1.82) is 0 Å². The van der Waals surface area contributed by atoms with Crippen molar-refractivity contribution in [2.24, 2.45) is 7.05 Å². The van der Waals surface area contributed by atoms with Crippen LogP contribution < -0.4 is 5.56 Å². The average molecular weight is 275 g/mol. The van der Waals surface area contributed by atoms with Crippen molar-refractivity contribution in [3.05, 3.63) is 57.2 Å². The highest BCUT2D eigenvalue weighted by atomic mass is 35.5. The third-order valence-corrected chi connectivity index (χ3v) is 2.84. The number of phenolic OH excluding ortho intramolecular Hbond substituents is 1. The Morgan fingerprint density at radius 2 is 2.26 bits per heavy atom. The number of halogens is 1. The summed E-state index contributed by atoms with van der Waals surface area (Å²) in [6, 6.07) is 4.94. The van der Waals surface area contributed by atoms with Gasteiger partial charge in [0.1, 0.15) is 11.3 Å². The summed E-state index contributed by atoms with van der Waals surface area (Å²) in [6.07, 6.45) is 3.29. The summed E-state index contributed by atoms with van der Waals surface area (Å²) >= 11 is 5.71. The molecule has 0 spiro atoms. The van der Waals surface area contributed by atoms with Crippen LogP contribution in [0.2, 0.25) is 5.02 Å². The Hall–Kier alpha value is -2.25. The van der Waals surface area contributed by atoms with Crippen molar-refractivity contribution < 1.29 is 5.11 Å². The molecule has 0 aliphatic carbocycles. The molecule has 1 heterocycles. The maximum Gasteiger partial charge on any atom is 0.268 e. The first-order valence-corrected chi connectivity index (χ1v) is 5.92. The van der Waals surface area contributed by atoms with Crippen LogP contribution in [0, 0.1) is 11.8 Å². The molecule has 0 unspecified atom stereocenters. The SMILES string of the molecule is Cn1cncc(C#CCc2ccc(Cl)c(O)c2)c1=O. The third-order valence-electron chi connectivity index (χ3n) is 2.52. The van der Waals surface area contributed by atoms with E-state index in [0.29, 0.717) is 17.0 Å². The van der Waals surface area contributed by atoms with Crippen LogP contribution in [-0.4, -0.2) is 14.7 Å². The summed E-state index contributed by atoms with van der Waals surface area (Å²) in [7, 11) is 1.62. The molecule has 0 bridgehead atoms. The van der Waals surface area contributed by atoms with Crippen LogP contribution in [0.3, 0.4) is 0 Å². The Kier molecular flexibility index (Phi) is 3.88. The molecule has 0 aliphatic rings. The molecule has 19 heavy (non-hydrogen) atoms. The molecule has 5 heteroatoms. The largest absolute Gasteiger partial charge is 0.506 e. The molecule has 0 atom stereocenters. The van der Waals surface area contributed by atoms with Gasteiger partial charge in [-0.15, -0.1) is 0 Å². The van der Waals surface area contributed by atoms with Gasteiger partial charge in [-0.2, -0.15) is 0 Å². The van der Waals surface area contributed by atoms with Crippen molar-refractivity contribution in [3.63, 3.8) is 0 Å². The van der Waals surface area contributed by atoms with Crippen molar-refractivity contribution >= 4 is 11.6 Å². The highest BCUT2D eigenvalue weighted by Gasteiger charge is 1.99. The van der Waals surface area contributed by atoms with Gasteiger partial charge in [-0.1, -0.05) is 29.5 Å². The van der Waals surface area contributed by atoms with Crippen LogP contribution in [0.4, 0.5) is 0 Å². The minimum absolute atomic E-state index is 0.0262. The van der Waals surface area contributed by atoms with E-state index in [4.69, 9.17) is 11.6 Å². The molecular formula is C14H11ClN2O2. The van der Waals surface area contributed by atoms with Gasteiger partial charge in [0.15, 0.2) is 0 Å². The Balaban J connectivity index is 2.19. The fourth-order valence-corrected chi connectivity index (χ4v) is 1.62. The number of rotatable bonds is 1. The van der Waals surface area contributed by atoms with Gasteiger partial charge in [0.05, 0.1) is 11.3 Å². The number of aryl methyl sites for hydroxylation is 1. The minimum Gasteiger partial charge on any atom is -0.506 e. The van der Waals surface area contributed by atoms with Crippen molar-refractivity contribution in [1.82, 2.24) is 9.55 Å². The highest BCUT2D eigenvalue weighted by molar-refractivity contribution is 6.32. The first-order chi connectivity index (χ1) is 9.08. The van der Waals surface area contributed by atoms with Crippen LogP contribution in [0.15, 0.2) is 35.5 Å². The Labute approximate surface area is 115 Å². The van der Waals surface area contributed by atoms with Gasteiger partial charge < -0.3 is 9.67 Å². The normalized spacial score (nSPS) is 9.79. The van der Waals surface area contributed by atoms with Gasteiger partial charge in [0.25, 0.3) is 5.56 Å². The first kappa shape index (κ1) is 13.2. The lowest BCUT2D eigenvalue weighted by molar-refractivity contribution is 0.475. The number of hydrogen-bond donors (Lipinski definition) is 1. The zero-order valence-corrected chi connectivity index (χ0v) is 11.0. The van der Waals surface area contributed by atoms with E-state index >= 15 is 0 Å². The first-order valence-electron chi connectivity index (χ1n) is 5.55. The van der Waals surface area contributed by atoms with Gasteiger partial charge in [0.2, 0.25) is 0 Å². The Morgan fingerprint density at radius 1 is 1.47 bits per heavy atom. The number of aromatic hydroxyl groups is 1. The fraction of sp³-hybridized carbons (Fsp3) is 0.143. The molecule has 1 aromatic carbocycles. The van der Waals surface area contributed by atoms with Crippen LogP contribution >= 0.6 is 11.6 Å². The van der Waals surface area contributed by atoms with Crippen LogP contribution in [0.25, 0.3) is 0 Å². The zero-order chi connectivity index (χ0) is 13.8. The quantitative estimate of drug-likeness (QED) is 0.806. The minimum atomic E-state index is -0.179. The third kappa shape index (κ3) is 3.15. The van der Waals surface area contributed by atoms with Crippen LogP contribution in [0.5, 0.6) is 5.75 Å². The Morgan fingerprint density at radius 3 is 3.00 bits per heavy atom. The van der Waals surface area contributed by atoms with E-state index in [0.717, 1.165) is 5.56 Å². The predicted molar refractivity (Wildman–Crippen MR) is 73.2 cm³/mol. The molecule has 1 N–H and O–H groups in total. The second-order valence-corrected chi connectivity index (χ2v) is 4.39. The van der Waals surface area contributed by atoms with Crippen molar-refractivity contribution in [3.8, 4) is 17.6 Å². The molecular weight excluding hydrogens is 264 g/mol. The van der Waals surface area contributed by atoms with E-state index in [2.05, 4.69) is 16.8 Å². The molecule has 0 radical (unpaired) electrons. The standard InChI is InChI=1S/C14H11ClN2O2/c1-17-9-16-8-11(14(17)19)4-2-3-10-5-6-12(15)13(18)7-10/h5-9,18H,3H2,1H3. The zero-order valence-electron chi connectivity index (χ0n) is 10.2. The number of aromatic nitrogens is 2. The van der Waals surface area contributed by atoms with E-state index in [-0.39, 0.29) is 11.3 Å². The van der Waals surface area contributed by atoms with E-state index in [1.807, 2.05) is 0 Å². The van der Waals surface area contributed by atoms with Crippen LogP contribution in [-0.2, 0) is 13.5 Å². The summed E-state index contributed by atoms with van der Waals surface area (Å²) in [5.74, 6) is 5.68. The highest BCUT2D eigenvalue weighted by Crippen LogP contribution is 2.23. The second kappa shape index (κ2) is 5.59. The predicted octanol–water partition coefficient (Wildman–Crippen LogP) is 1.73. The van der Waals surface area contributed by atoms with E-state index in [1.54, 1.807) is 25.2 Å². The number of benzene rings is 1. The Bertz CT molecular complexity index is 726. The molecule has 0 saturated heterocycles. The molecule has 0 saturated carbocycles. The summed E-state index contributed by atoms with van der Waals surface area (Å²) in [6.45, 7) is 0. The molecule has 0 fully saturated rings. The summed E-state index contributed by atoms with van der Waals surface area (Å²) in [5.41, 5.74) is 1.000. The smallest absolute Gasteiger partial charge is 0.268 e. The number of phenols is 1. The molecule has 1 aromatic heterocycles. The molecule has 4 nitrogen and oxygen atoms in total.